The number of hydrogen-bond donors (Lipinski definition) is 2. The summed E-state index contributed by atoms with van der Waals surface area (Å²) in [5.41, 5.74) is 8.52. The van der Waals surface area contributed by atoms with Crippen molar-refractivity contribution in [2.45, 2.75) is 45.1 Å². The lowest BCUT2D eigenvalue weighted by Crippen LogP contribution is -2.33. The molecule has 0 spiro atoms. The SMILES string of the molecule is Cc1cc2c(C3(N)CCCC3)c3oc(C)cc3c(O)c2o1. The molecule has 0 saturated heterocycles. The first-order chi connectivity index (χ1) is 9.99. The highest BCUT2D eigenvalue weighted by Gasteiger charge is 2.37. The molecule has 1 aromatic carbocycles. The number of aryl methyl sites for hydroxylation is 2. The Bertz CT molecular complexity index is 792. The molecule has 0 unspecified atom stereocenters. The van der Waals surface area contributed by atoms with Crippen LogP contribution < -0.4 is 5.73 Å². The van der Waals surface area contributed by atoms with Gasteiger partial charge in [0.25, 0.3) is 0 Å². The Morgan fingerprint density at radius 2 is 1.57 bits per heavy atom. The van der Waals surface area contributed by atoms with Crippen LogP contribution in [0.2, 0.25) is 0 Å². The predicted octanol–water partition coefficient (Wildman–Crippen LogP) is 4.23. The molecule has 3 aromatic rings. The van der Waals surface area contributed by atoms with Crippen LogP contribution in [-0.2, 0) is 5.54 Å². The summed E-state index contributed by atoms with van der Waals surface area (Å²) < 4.78 is 11.6. The minimum Gasteiger partial charge on any atom is -0.504 e. The average Bonchev–Trinajstić information content (AvgIpc) is 3.09. The van der Waals surface area contributed by atoms with Crippen LogP contribution in [0.5, 0.6) is 5.75 Å². The summed E-state index contributed by atoms with van der Waals surface area (Å²) in [6, 6.07) is 3.80. The van der Waals surface area contributed by atoms with Crippen LogP contribution in [0.3, 0.4) is 0 Å². The summed E-state index contributed by atoms with van der Waals surface area (Å²) in [4.78, 5) is 0. The summed E-state index contributed by atoms with van der Waals surface area (Å²) in [6.45, 7) is 3.77. The minimum absolute atomic E-state index is 0.148. The number of aromatic hydroxyl groups is 1. The number of furan rings is 2. The number of rotatable bonds is 1. The van der Waals surface area contributed by atoms with E-state index in [1.165, 1.54) is 0 Å². The first-order valence-corrected chi connectivity index (χ1v) is 7.44. The predicted molar refractivity (Wildman–Crippen MR) is 81.5 cm³/mol. The molecule has 2 aromatic heterocycles. The first-order valence-electron chi connectivity index (χ1n) is 7.44. The summed E-state index contributed by atoms with van der Waals surface area (Å²) in [5, 5.41) is 12.1. The maximum atomic E-state index is 10.5. The molecule has 0 radical (unpaired) electrons. The quantitative estimate of drug-likeness (QED) is 0.701. The van der Waals surface area contributed by atoms with E-state index in [4.69, 9.17) is 14.6 Å². The van der Waals surface area contributed by atoms with Crippen LogP contribution in [-0.4, -0.2) is 5.11 Å². The van der Waals surface area contributed by atoms with Gasteiger partial charge in [-0.25, -0.2) is 0 Å². The highest BCUT2D eigenvalue weighted by atomic mass is 16.4. The van der Waals surface area contributed by atoms with Gasteiger partial charge < -0.3 is 19.7 Å². The Labute approximate surface area is 122 Å². The molecule has 1 fully saturated rings. The molecule has 0 bridgehead atoms. The van der Waals surface area contributed by atoms with Gasteiger partial charge in [-0.15, -0.1) is 0 Å². The van der Waals surface area contributed by atoms with Crippen LogP contribution in [0, 0.1) is 13.8 Å². The van der Waals surface area contributed by atoms with Crippen molar-refractivity contribution >= 4 is 21.9 Å². The average molecular weight is 285 g/mol. The van der Waals surface area contributed by atoms with Gasteiger partial charge in [-0.1, -0.05) is 12.8 Å². The third kappa shape index (κ3) is 1.65. The smallest absolute Gasteiger partial charge is 0.177 e. The fourth-order valence-corrected chi connectivity index (χ4v) is 3.75. The third-order valence-electron chi connectivity index (χ3n) is 4.67. The normalized spacial score (nSPS) is 18.0. The molecular formula is C17H19NO3. The molecule has 4 rings (SSSR count). The second kappa shape index (κ2) is 4.04. The molecule has 0 amide bonds. The number of hydrogen-bond acceptors (Lipinski definition) is 4. The molecule has 4 heteroatoms. The van der Waals surface area contributed by atoms with Crippen LogP contribution in [0.4, 0.5) is 0 Å². The Morgan fingerprint density at radius 3 is 2.24 bits per heavy atom. The zero-order chi connectivity index (χ0) is 14.8. The van der Waals surface area contributed by atoms with Crippen molar-refractivity contribution in [1.82, 2.24) is 0 Å². The molecule has 1 aliphatic rings. The highest BCUT2D eigenvalue weighted by Crippen LogP contribution is 2.48. The van der Waals surface area contributed by atoms with Gasteiger partial charge >= 0.3 is 0 Å². The highest BCUT2D eigenvalue weighted by molar-refractivity contribution is 6.05. The van der Waals surface area contributed by atoms with E-state index in [9.17, 15) is 5.11 Å². The van der Waals surface area contributed by atoms with Crippen molar-refractivity contribution in [3.05, 3.63) is 29.2 Å². The number of phenols is 1. The molecule has 1 aliphatic carbocycles. The van der Waals surface area contributed by atoms with E-state index in [-0.39, 0.29) is 5.75 Å². The number of nitrogens with two attached hydrogens (primary N) is 1. The van der Waals surface area contributed by atoms with Crippen LogP contribution >= 0.6 is 0 Å². The molecule has 0 aliphatic heterocycles. The molecule has 4 nitrogen and oxygen atoms in total. The summed E-state index contributed by atoms with van der Waals surface area (Å²) >= 11 is 0. The largest absolute Gasteiger partial charge is 0.504 e. The summed E-state index contributed by atoms with van der Waals surface area (Å²) in [5.74, 6) is 1.69. The third-order valence-corrected chi connectivity index (χ3v) is 4.67. The lowest BCUT2D eigenvalue weighted by Gasteiger charge is -2.25. The molecule has 0 atom stereocenters. The van der Waals surface area contributed by atoms with Crippen molar-refractivity contribution in [1.29, 1.82) is 0 Å². The van der Waals surface area contributed by atoms with Crippen molar-refractivity contribution in [2.24, 2.45) is 5.73 Å². The minimum atomic E-state index is -0.398. The van der Waals surface area contributed by atoms with Gasteiger partial charge in [-0.05, 0) is 38.8 Å². The van der Waals surface area contributed by atoms with E-state index in [2.05, 4.69) is 0 Å². The molecule has 1 saturated carbocycles. The number of phenolic OH excluding ortho intramolecular Hbond substituents is 1. The van der Waals surface area contributed by atoms with Gasteiger partial charge in [0.1, 0.15) is 17.1 Å². The van der Waals surface area contributed by atoms with Gasteiger partial charge in [0.2, 0.25) is 0 Å². The van der Waals surface area contributed by atoms with E-state index in [1.807, 2.05) is 26.0 Å². The Balaban J connectivity index is 2.20. The maximum absolute atomic E-state index is 10.5. The topological polar surface area (TPSA) is 72.5 Å². The van der Waals surface area contributed by atoms with Gasteiger partial charge in [-0.2, -0.15) is 0 Å². The maximum Gasteiger partial charge on any atom is 0.177 e. The molecule has 2 heterocycles. The van der Waals surface area contributed by atoms with E-state index >= 15 is 0 Å². The second-order valence-electron chi connectivity index (χ2n) is 6.29. The van der Waals surface area contributed by atoms with Crippen molar-refractivity contribution < 1.29 is 13.9 Å². The van der Waals surface area contributed by atoms with E-state index in [1.54, 1.807) is 0 Å². The Kier molecular flexibility index (Phi) is 2.46. The zero-order valence-electron chi connectivity index (χ0n) is 12.3. The lowest BCUT2D eigenvalue weighted by molar-refractivity contribution is 0.452. The standard InChI is InChI=1S/C17H19NO3/c1-9-7-11-13(17(18)5-3-4-6-17)15-12(8-10(2)20-15)14(19)16(11)21-9/h7-8,19H,3-6,18H2,1-2H3. The van der Waals surface area contributed by atoms with Crippen molar-refractivity contribution in [3.63, 3.8) is 0 Å². The van der Waals surface area contributed by atoms with Gasteiger partial charge in [0.05, 0.1) is 5.39 Å². The zero-order valence-corrected chi connectivity index (χ0v) is 12.3. The summed E-state index contributed by atoms with van der Waals surface area (Å²) in [7, 11) is 0. The number of fused-ring (bicyclic) bond motifs is 2. The number of benzene rings is 1. The Morgan fingerprint density at radius 1 is 1.00 bits per heavy atom. The first kappa shape index (κ1) is 12.8. The van der Waals surface area contributed by atoms with Crippen LogP contribution in [0.25, 0.3) is 21.9 Å². The fraction of sp³-hybridized carbons (Fsp3) is 0.412. The lowest BCUT2D eigenvalue weighted by atomic mass is 9.85. The van der Waals surface area contributed by atoms with Gasteiger partial charge in [0.15, 0.2) is 11.3 Å². The van der Waals surface area contributed by atoms with Crippen LogP contribution in [0.15, 0.2) is 21.0 Å². The fourth-order valence-electron chi connectivity index (χ4n) is 3.75. The van der Waals surface area contributed by atoms with Gasteiger partial charge in [-0.3, -0.25) is 0 Å². The van der Waals surface area contributed by atoms with E-state index in [0.29, 0.717) is 16.6 Å². The van der Waals surface area contributed by atoms with Crippen molar-refractivity contribution in [2.75, 3.05) is 0 Å². The molecule has 3 N–H and O–H groups in total. The van der Waals surface area contributed by atoms with E-state index < -0.39 is 5.54 Å². The van der Waals surface area contributed by atoms with Crippen molar-refractivity contribution in [3.8, 4) is 5.75 Å². The van der Waals surface area contributed by atoms with Crippen LogP contribution in [0.1, 0.15) is 42.8 Å². The van der Waals surface area contributed by atoms with Gasteiger partial charge in [0, 0.05) is 16.5 Å². The summed E-state index contributed by atoms with van der Waals surface area (Å²) in [6.07, 6.45) is 4.12. The second-order valence-corrected chi connectivity index (χ2v) is 6.29. The monoisotopic (exact) mass is 285 g/mol. The van der Waals surface area contributed by atoms with E-state index in [0.717, 1.165) is 48.2 Å². The Hall–Kier alpha value is -1.94. The molecule has 21 heavy (non-hydrogen) atoms. The molecule has 110 valence electrons. The molecular weight excluding hydrogens is 266 g/mol.